The summed E-state index contributed by atoms with van der Waals surface area (Å²) < 4.78 is 0.766. The van der Waals surface area contributed by atoms with Crippen molar-refractivity contribution in [1.29, 1.82) is 0 Å². The van der Waals surface area contributed by atoms with Crippen molar-refractivity contribution in [3.8, 4) is 0 Å². The highest BCUT2D eigenvalue weighted by Gasteiger charge is 2.32. The highest BCUT2D eigenvalue weighted by Crippen LogP contribution is 2.32. The molecule has 0 spiro atoms. The number of hydrogen-bond acceptors (Lipinski definition) is 2. The predicted molar refractivity (Wildman–Crippen MR) is 71.5 cm³/mol. The molecule has 0 bridgehead atoms. The molecule has 2 rings (SSSR count). The molecule has 3 nitrogen and oxygen atoms in total. The molecule has 1 unspecified atom stereocenters. The molecule has 0 saturated heterocycles. The fraction of sp³-hybridized carbons (Fsp3) is 0.417. The summed E-state index contributed by atoms with van der Waals surface area (Å²) >= 11 is 9.21. The quantitative estimate of drug-likeness (QED) is 0.888. The van der Waals surface area contributed by atoms with Gasteiger partial charge in [-0.3, -0.25) is 0 Å². The van der Waals surface area contributed by atoms with Crippen LogP contribution in [-0.4, -0.2) is 17.1 Å². The molecule has 5 heteroatoms. The molecule has 1 saturated carbocycles. The summed E-state index contributed by atoms with van der Waals surface area (Å²) in [5, 5.41) is 12.9. The monoisotopic (exact) mass is 317 g/mol. The molecule has 1 aliphatic carbocycles. The highest BCUT2D eigenvalue weighted by atomic mass is 79.9. The number of carbonyl (C=O) groups is 1. The SMILES string of the molecule is O=C(O)C(Nc1ccc(Cl)c(Br)c1)C1CCC1. The summed E-state index contributed by atoms with van der Waals surface area (Å²) in [5.74, 6) is -0.553. The number of benzene rings is 1. The van der Waals surface area contributed by atoms with Gasteiger partial charge < -0.3 is 10.4 Å². The van der Waals surface area contributed by atoms with Crippen LogP contribution in [0, 0.1) is 5.92 Å². The Bertz CT molecular complexity index is 435. The Hall–Kier alpha value is -0.740. The third-order valence-electron chi connectivity index (χ3n) is 3.13. The van der Waals surface area contributed by atoms with E-state index in [9.17, 15) is 9.90 Å². The van der Waals surface area contributed by atoms with Crippen LogP contribution in [0.2, 0.25) is 5.02 Å². The highest BCUT2D eigenvalue weighted by molar-refractivity contribution is 9.10. The van der Waals surface area contributed by atoms with Gasteiger partial charge in [0, 0.05) is 10.2 Å². The second kappa shape index (κ2) is 5.27. The summed E-state index contributed by atoms with van der Waals surface area (Å²) in [4.78, 5) is 11.2. The minimum Gasteiger partial charge on any atom is -0.480 e. The van der Waals surface area contributed by atoms with Crippen molar-refractivity contribution in [2.45, 2.75) is 25.3 Å². The van der Waals surface area contributed by atoms with Crippen LogP contribution >= 0.6 is 27.5 Å². The van der Waals surface area contributed by atoms with E-state index >= 15 is 0 Å². The fourth-order valence-electron chi connectivity index (χ4n) is 1.92. The van der Waals surface area contributed by atoms with E-state index in [1.807, 2.05) is 0 Å². The molecule has 1 atom stereocenters. The molecule has 92 valence electrons. The van der Waals surface area contributed by atoms with Crippen molar-refractivity contribution >= 4 is 39.2 Å². The summed E-state index contributed by atoms with van der Waals surface area (Å²) in [6.45, 7) is 0. The van der Waals surface area contributed by atoms with E-state index in [2.05, 4.69) is 21.2 Å². The first-order chi connectivity index (χ1) is 8.08. The molecule has 1 fully saturated rings. The number of hydrogen-bond donors (Lipinski definition) is 2. The molecular formula is C12H13BrClNO2. The van der Waals surface area contributed by atoms with Gasteiger partial charge in [0.15, 0.2) is 0 Å². The van der Waals surface area contributed by atoms with Gasteiger partial charge in [0.05, 0.1) is 5.02 Å². The van der Waals surface area contributed by atoms with Gasteiger partial charge in [-0.05, 0) is 52.9 Å². The van der Waals surface area contributed by atoms with Crippen LogP contribution in [-0.2, 0) is 4.79 Å². The zero-order chi connectivity index (χ0) is 12.4. The standard InChI is InChI=1S/C12H13BrClNO2/c13-9-6-8(4-5-10(9)14)15-11(12(16)17)7-2-1-3-7/h4-7,11,15H,1-3H2,(H,16,17). The van der Waals surface area contributed by atoms with E-state index in [0.29, 0.717) is 5.02 Å². The third-order valence-corrected chi connectivity index (χ3v) is 4.34. The van der Waals surface area contributed by atoms with E-state index in [4.69, 9.17) is 11.6 Å². The van der Waals surface area contributed by atoms with Crippen molar-refractivity contribution in [3.63, 3.8) is 0 Å². The molecule has 1 aliphatic rings. The second-order valence-corrected chi connectivity index (χ2v) is 5.54. The maximum Gasteiger partial charge on any atom is 0.326 e. The zero-order valence-electron chi connectivity index (χ0n) is 9.12. The lowest BCUT2D eigenvalue weighted by atomic mass is 9.79. The minimum atomic E-state index is -0.791. The maximum atomic E-state index is 11.2. The lowest BCUT2D eigenvalue weighted by molar-refractivity contribution is -0.139. The average Bonchev–Trinajstić information content (AvgIpc) is 2.19. The van der Waals surface area contributed by atoms with Crippen molar-refractivity contribution in [3.05, 3.63) is 27.7 Å². The lowest BCUT2D eigenvalue weighted by Gasteiger charge is -2.32. The normalized spacial score (nSPS) is 17.3. The van der Waals surface area contributed by atoms with E-state index in [1.54, 1.807) is 18.2 Å². The number of carboxylic acids is 1. The number of rotatable bonds is 4. The van der Waals surface area contributed by atoms with Gasteiger partial charge in [0.2, 0.25) is 0 Å². The van der Waals surface area contributed by atoms with Gasteiger partial charge in [-0.15, -0.1) is 0 Å². The molecule has 0 aliphatic heterocycles. The number of anilines is 1. The third kappa shape index (κ3) is 2.93. The molecule has 0 radical (unpaired) electrons. The van der Waals surface area contributed by atoms with E-state index in [1.165, 1.54) is 0 Å². The summed E-state index contributed by atoms with van der Waals surface area (Å²) in [5.41, 5.74) is 0.778. The number of aliphatic carboxylic acids is 1. The molecule has 17 heavy (non-hydrogen) atoms. The van der Waals surface area contributed by atoms with E-state index in [0.717, 1.165) is 29.4 Å². The van der Waals surface area contributed by atoms with E-state index in [-0.39, 0.29) is 5.92 Å². The second-order valence-electron chi connectivity index (χ2n) is 4.28. The maximum absolute atomic E-state index is 11.2. The van der Waals surface area contributed by atoms with Gasteiger partial charge in [0.25, 0.3) is 0 Å². The Kier molecular flexibility index (Phi) is 3.94. The summed E-state index contributed by atoms with van der Waals surface area (Å²) in [7, 11) is 0. The van der Waals surface area contributed by atoms with Crippen molar-refractivity contribution in [1.82, 2.24) is 0 Å². The van der Waals surface area contributed by atoms with Crippen LogP contribution in [0.4, 0.5) is 5.69 Å². The first kappa shape index (κ1) is 12.7. The Balaban J connectivity index is 2.11. The van der Waals surface area contributed by atoms with Crippen LogP contribution < -0.4 is 5.32 Å². The molecule has 0 amide bonds. The van der Waals surface area contributed by atoms with Gasteiger partial charge >= 0.3 is 5.97 Å². The molecular weight excluding hydrogens is 305 g/mol. The fourth-order valence-corrected chi connectivity index (χ4v) is 2.42. The van der Waals surface area contributed by atoms with Crippen molar-refractivity contribution < 1.29 is 9.90 Å². The molecule has 0 heterocycles. The smallest absolute Gasteiger partial charge is 0.326 e. The lowest BCUT2D eigenvalue weighted by Crippen LogP contribution is -2.40. The molecule has 0 aromatic heterocycles. The summed E-state index contributed by atoms with van der Waals surface area (Å²) in [6.07, 6.45) is 3.10. The average molecular weight is 319 g/mol. The predicted octanol–water partition coefficient (Wildman–Crippen LogP) is 3.77. The van der Waals surface area contributed by atoms with Crippen molar-refractivity contribution in [2.24, 2.45) is 5.92 Å². The van der Waals surface area contributed by atoms with Gasteiger partial charge in [-0.1, -0.05) is 18.0 Å². The van der Waals surface area contributed by atoms with Gasteiger partial charge in [-0.2, -0.15) is 0 Å². The van der Waals surface area contributed by atoms with Gasteiger partial charge in [0.1, 0.15) is 6.04 Å². The Labute approximate surface area is 113 Å². The first-order valence-electron chi connectivity index (χ1n) is 5.52. The van der Waals surface area contributed by atoms with Crippen LogP contribution in [0.25, 0.3) is 0 Å². The molecule has 2 N–H and O–H groups in total. The van der Waals surface area contributed by atoms with E-state index < -0.39 is 12.0 Å². The van der Waals surface area contributed by atoms with Crippen molar-refractivity contribution in [2.75, 3.05) is 5.32 Å². The number of nitrogens with one attached hydrogen (secondary N) is 1. The minimum absolute atomic E-state index is 0.238. The number of carboxylic acid groups (broad SMARTS) is 1. The largest absolute Gasteiger partial charge is 0.480 e. The Morgan fingerprint density at radius 2 is 2.24 bits per heavy atom. The Morgan fingerprint density at radius 3 is 2.71 bits per heavy atom. The van der Waals surface area contributed by atoms with Crippen LogP contribution in [0.5, 0.6) is 0 Å². The van der Waals surface area contributed by atoms with Gasteiger partial charge in [-0.25, -0.2) is 4.79 Å². The summed E-state index contributed by atoms with van der Waals surface area (Å²) in [6, 6.07) is 4.84. The van der Waals surface area contributed by atoms with Crippen LogP contribution in [0.3, 0.4) is 0 Å². The topological polar surface area (TPSA) is 49.3 Å². The molecule has 1 aromatic carbocycles. The first-order valence-corrected chi connectivity index (χ1v) is 6.69. The van der Waals surface area contributed by atoms with Crippen LogP contribution in [0.15, 0.2) is 22.7 Å². The van der Waals surface area contributed by atoms with Crippen LogP contribution in [0.1, 0.15) is 19.3 Å². The Morgan fingerprint density at radius 1 is 1.53 bits per heavy atom. The zero-order valence-corrected chi connectivity index (χ0v) is 11.5. The number of halogens is 2. The molecule has 1 aromatic rings.